The van der Waals surface area contributed by atoms with Gasteiger partial charge in [0, 0.05) is 11.3 Å². The molecule has 0 aromatic rings. The van der Waals surface area contributed by atoms with Crippen LogP contribution in [0.4, 0.5) is 0 Å². The third-order valence-corrected chi connectivity index (χ3v) is 3.10. The van der Waals surface area contributed by atoms with Gasteiger partial charge < -0.3 is 0 Å². The van der Waals surface area contributed by atoms with E-state index in [1.807, 2.05) is 0 Å². The van der Waals surface area contributed by atoms with E-state index in [0.29, 0.717) is 5.92 Å². The zero-order chi connectivity index (χ0) is 8.43. The largest absolute Gasteiger partial charge is 0.281 e. The topological polar surface area (TPSA) is 17.1 Å². The number of alkyl halides is 1. The van der Waals surface area contributed by atoms with E-state index in [1.165, 1.54) is 0 Å². The van der Waals surface area contributed by atoms with Gasteiger partial charge in [0.25, 0.3) is 0 Å². The lowest BCUT2D eigenvalue weighted by atomic mass is 9.81. The number of halogens is 2. The van der Waals surface area contributed by atoms with E-state index in [2.05, 4.69) is 6.92 Å². The smallest absolute Gasteiger partial charge is 0.225 e. The van der Waals surface area contributed by atoms with Crippen molar-refractivity contribution < 1.29 is 4.79 Å². The van der Waals surface area contributed by atoms with Gasteiger partial charge in [0.05, 0.1) is 0 Å². The van der Waals surface area contributed by atoms with Crippen molar-refractivity contribution in [2.24, 2.45) is 11.8 Å². The average molecular weight is 195 g/mol. The summed E-state index contributed by atoms with van der Waals surface area (Å²) >= 11 is 11.3. The first-order chi connectivity index (χ1) is 5.11. The van der Waals surface area contributed by atoms with Crippen LogP contribution in [0.1, 0.15) is 26.2 Å². The second kappa shape index (κ2) is 3.77. The minimum atomic E-state index is -0.220. The average Bonchev–Trinajstić information content (AvgIpc) is 1.94. The Morgan fingerprint density at radius 2 is 2.09 bits per heavy atom. The molecule has 3 atom stereocenters. The molecule has 3 unspecified atom stereocenters. The Balaban J connectivity index is 2.54. The van der Waals surface area contributed by atoms with Crippen LogP contribution in [0.25, 0.3) is 0 Å². The zero-order valence-corrected chi connectivity index (χ0v) is 8.03. The molecule has 3 heteroatoms. The first-order valence-corrected chi connectivity index (χ1v) is 4.76. The number of hydrogen-bond donors (Lipinski definition) is 0. The van der Waals surface area contributed by atoms with Crippen LogP contribution in [0.3, 0.4) is 0 Å². The molecule has 0 N–H and O–H groups in total. The van der Waals surface area contributed by atoms with Crippen LogP contribution >= 0.6 is 23.2 Å². The normalized spacial score (nSPS) is 38.6. The summed E-state index contributed by atoms with van der Waals surface area (Å²) in [4.78, 5) is 10.9. The summed E-state index contributed by atoms with van der Waals surface area (Å²) in [5.74, 6) is 0.405. The molecule has 1 aliphatic carbocycles. The first-order valence-electron chi connectivity index (χ1n) is 3.94. The Morgan fingerprint density at radius 3 is 2.55 bits per heavy atom. The standard InChI is InChI=1S/C8H12Cl2O/c1-5-2-3-6(9)4-7(5)8(10)11/h5-7H,2-4H2,1H3. The van der Waals surface area contributed by atoms with Gasteiger partial charge in [-0.15, -0.1) is 11.6 Å². The summed E-state index contributed by atoms with van der Waals surface area (Å²) in [7, 11) is 0. The van der Waals surface area contributed by atoms with Crippen molar-refractivity contribution in [1.29, 1.82) is 0 Å². The van der Waals surface area contributed by atoms with Crippen molar-refractivity contribution in [1.82, 2.24) is 0 Å². The summed E-state index contributed by atoms with van der Waals surface area (Å²) < 4.78 is 0. The number of rotatable bonds is 1. The molecule has 0 radical (unpaired) electrons. The van der Waals surface area contributed by atoms with Gasteiger partial charge in [-0.25, -0.2) is 0 Å². The summed E-state index contributed by atoms with van der Waals surface area (Å²) in [6.07, 6.45) is 2.80. The molecule has 1 rings (SSSR count). The van der Waals surface area contributed by atoms with Crippen molar-refractivity contribution in [3.8, 4) is 0 Å². The number of hydrogen-bond acceptors (Lipinski definition) is 1. The van der Waals surface area contributed by atoms with E-state index < -0.39 is 0 Å². The fraction of sp³-hybridized carbons (Fsp3) is 0.875. The maximum Gasteiger partial charge on any atom is 0.225 e. The molecule has 11 heavy (non-hydrogen) atoms. The molecule has 0 spiro atoms. The fourth-order valence-electron chi connectivity index (χ4n) is 1.59. The lowest BCUT2D eigenvalue weighted by molar-refractivity contribution is -0.117. The molecule has 1 nitrogen and oxygen atoms in total. The van der Waals surface area contributed by atoms with Gasteiger partial charge in [-0.1, -0.05) is 6.92 Å². The summed E-state index contributed by atoms with van der Waals surface area (Å²) in [5, 5.41) is -0.0678. The van der Waals surface area contributed by atoms with E-state index in [4.69, 9.17) is 23.2 Å². The van der Waals surface area contributed by atoms with Crippen LogP contribution in [-0.4, -0.2) is 10.6 Å². The molecule has 0 heterocycles. The predicted molar refractivity (Wildman–Crippen MR) is 47.0 cm³/mol. The van der Waals surface area contributed by atoms with Crippen molar-refractivity contribution in [3.63, 3.8) is 0 Å². The summed E-state index contributed by atoms with van der Waals surface area (Å²) in [5.41, 5.74) is 0. The second-order valence-corrected chi connectivity index (χ2v) is 4.29. The highest BCUT2D eigenvalue weighted by Gasteiger charge is 2.30. The van der Waals surface area contributed by atoms with Gasteiger partial charge in [-0.05, 0) is 36.8 Å². The van der Waals surface area contributed by atoms with Crippen molar-refractivity contribution in [2.75, 3.05) is 0 Å². The summed E-state index contributed by atoms with van der Waals surface area (Å²) in [6, 6.07) is 0. The molecule has 0 amide bonds. The van der Waals surface area contributed by atoms with Crippen LogP contribution < -0.4 is 0 Å². The Kier molecular flexibility index (Phi) is 3.20. The van der Waals surface area contributed by atoms with E-state index in [1.54, 1.807) is 0 Å². The molecule has 64 valence electrons. The highest BCUT2D eigenvalue weighted by molar-refractivity contribution is 6.64. The van der Waals surface area contributed by atoms with Gasteiger partial charge >= 0.3 is 0 Å². The fourth-order valence-corrected chi connectivity index (χ4v) is 2.21. The minimum Gasteiger partial charge on any atom is -0.281 e. The lowest BCUT2D eigenvalue weighted by Crippen LogP contribution is -2.27. The molecule has 0 saturated heterocycles. The van der Waals surface area contributed by atoms with Gasteiger partial charge in [-0.2, -0.15) is 0 Å². The number of carbonyl (C=O) groups excluding carboxylic acids is 1. The molecule has 1 saturated carbocycles. The van der Waals surface area contributed by atoms with Crippen LogP contribution in [0.5, 0.6) is 0 Å². The van der Waals surface area contributed by atoms with Crippen LogP contribution in [0.2, 0.25) is 0 Å². The second-order valence-electron chi connectivity index (χ2n) is 3.30. The van der Waals surface area contributed by atoms with Gasteiger partial charge in [0.2, 0.25) is 5.24 Å². The highest BCUT2D eigenvalue weighted by atomic mass is 35.5. The van der Waals surface area contributed by atoms with Crippen LogP contribution in [-0.2, 0) is 4.79 Å². The quantitative estimate of drug-likeness (QED) is 0.464. The Hall–Kier alpha value is 0.250. The third-order valence-electron chi connectivity index (χ3n) is 2.42. The lowest BCUT2D eigenvalue weighted by Gasteiger charge is -2.28. The monoisotopic (exact) mass is 194 g/mol. The van der Waals surface area contributed by atoms with Crippen LogP contribution in [0.15, 0.2) is 0 Å². The maximum absolute atomic E-state index is 10.9. The van der Waals surface area contributed by atoms with E-state index in [9.17, 15) is 4.79 Å². The Labute approximate surface area is 77.1 Å². The molecule has 0 aromatic carbocycles. The first kappa shape index (κ1) is 9.34. The van der Waals surface area contributed by atoms with Crippen LogP contribution in [0, 0.1) is 11.8 Å². The highest BCUT2D eigenvalue weighted by Crippen LogP contribution is 2.33. The molecule has 1 aliphatic rings. The summed E-state index contributed by atoms with van der Waals surface area (Å²) in [6.45, 7) is 2.06. The Bertz CT molecular complexity index is 158. The molecule has 0 aliphatic heterocycles. The molecular formula is C8H12Cl2O. The third kappa shape index (κ3) is 2.34. The van der Waals surface area contributed by atoms with Gasteiger partial charge in [0.15, 0.2) is 0 Å². The van der Waals surface area contributed by atoms with Crippen molar-refractivity contribution >= 4 is 28.4 Å². The maximum atomic E-state index is 10.9. The SMILES string of the molecule is CC1CCC(Cl)CC1C(=O)Cl. The van der Waals surface area contributed by atoms with E-state index >= 15 is 0 Å². The number of carbonyl (C=O) groups is 1. The molecule has 1 fully saturated rings. The van der Waals surface area contributed by atoms with E-state index in [0.717, 1.165) is 19.3 Å². The van der Waals surface area contributed by atoms with E-state index in [-0.39, 0.29) is 16.5 Å². The predicted octanol–water partition coefficient (Wildman–Crippen LogP) is 2.80. The molecule has 0 aromatic heterocycles. The van der Waals surface area contributed by atoms with Crippen molar-refractivity contribution in [2.45, 2.75) is 31.6 Å². The van der Waals surface area contributed by atoms with Crippen molar-refractivity contribution in [3.05, 3.63) is 0 Å². The van der Waals surface area contributed by atoms with Gasteiger partial charge in [-0.3, -0.25) is 4.79 Å². The van der Waals surface area contributed by atoms with Gasteiger partial charge in [0.1, 0.15) is 0 Å². The molecule has 0 bridgehead atoms. The Morgan fingerprint density at radius 1 is 1.45 bits per heavy atom. The minimum absolute atomic E-state index is 0.00656. The molecular weight excluding hydrogens is 183 g/mol. The zero-order valence-electron chi connectivity index (χ0n) is 6.52.